The Morgan fingerprint density at radius 2 is 2.00 bits per heavy atom. The third-order valence-corrected chi connectivity index (χ3v) is 2.94. The highest BCUT2D eigenvalue weighted by atomic mass is 35.5. The minimum absolute atomic E-state index is 0.394. The second-order valence-corrected chi connectivity index (χ2v) is 3.95. The number of piperidine rings is 1. The molecule has 0 atom stereocenters. The maximum absolute atomic E-state index is 10.8. The molecule has 0 unspecified atom stereocenters. The fraction of sp³-hybridized carbons (Fsp3) is 0.462. The summed E-state index contributed by atoms with van der Waals surface area (Å²) in [4.78, 5) is 10.8. The van der Waals surface area contributed by atoms with Gasteiger partial charge in [-0.2, -0.15) is 0 Å². The van der Waals surface area contributed by atoms with Crippen LogP contribution >= 0.6 is 11.6 Å². The standard InChI is InChI=1S/C12H15NO2.CH3Cl/c14-12(15)11-3-1-2-10(8-11)9-4-6-13-7-5-9;1-2/h1-3,8-9,13H,4-7H2,(H,14,15);1H3. The molecule has 1 fully saturated rings. The monoisotopic (exact) mass is 255 g/mol. The average molecular weight is 256 g/mol. The zero-order valence-electron chi connectivity index (χ0n) is 9.95. The molecule has 0 amide bonds. The van der Waals surface area contributed by atoms with E-state index in [4.69, 9.17) is 5.11 Å². The molecule has 1 aliphatic rings. The van der Waals surface area contributed by atoms with Gasteiger partial charge in [-0.15, -0.1) is 11.6 Å². The van der Waals surface area contributed by atoms with Crippen LogP contribution in [-0.2, 0) is 0 Å². The highest BCUT2D eigenvalue weighted by Crippen LogP contribution is 2.25. The summed E-state index contributed by atoms with van der Waals surface area (Å²) in [7, 11) is 0. The zero-order valence-corrected chi connectivity index (χ0v) is 10.7. The smallest absolute Gasteiger partial charge is 0.335 e. The number of carboxylic acids is 1. The van der Waals surface area contributed by atoms with Crippen molar-refractivity contribution >= 4 is 17.6 Å². The van der Waals surface area contributed by atoms with Gasteiger partial charge >= 0.3 is 5.97 Å². The lowest BCUT2D eigenvalue weighted by Gasteiger charge is -2.23. The number of aromatic carboxylic acids is 1. The maximum atomic E-state index is 10.8. The number of carboxylic acid groups (broad SMARTS) is 1. The molecule has 1 saturated heterocycles. The van der Waals surface area contributed by atoms with Crippen molar-refractivity contribution in [1.82, 2.24) is 5.32 Å². The van der Waals surface area contributed by atoms with Crippen LogP contribution in [0.15, 0.2) is 24.3 Å². The van der Waals surface area contributed by atoms with Crippen molar-refractivity contribution in [2.45, 2.75) is 18.8 Å². The highest BCUT2D eigenvalue weighted by Gasteiger charge is 2.15. The molecule has 2 N–H and O–H groups in total. The van der Waals surface area contributed by atoms with Gasteiger partial charge in [0.1, 0.15) is 0 Å². The number of hydrogen-bond acceptors (Lipinski definition) is 2. The molecule has 0 saturated carbocycles. The van der Waals surface area contributed by atoms with Crippen molar-refractivity contribution in [3.63, 3.8) is 0 Å². The molecule has 1 aromatic carbocycles. The number of benzene rings is 1. The van der Waals surface area contributed by atoms with Crippen LogP contribution in [0, 0.1) is 0 Å². The summed E-state index contributed by atoms with van der Waals surface area (Å²) in [5.74, 6) is -0.323. The molecule has 0 aromatic heterocycles. The van der Waals surface area contributed by atoms with E-state index in [0.29, 0.717) is 11.5 Å². The van der Waals surface area contributed by atoms with E-state index < -0.39 is 5.97 Å². The molecule has 0 spiro atoms. The molecule has 1 heterocycles. The highest BCUT2D eigenvalue weighted by molar-refractivity contribution is 6.15. The average Bonchev–Trinajstić information content (AvgIpc) is 2.42. The summed E-state index contributed by atoms with van der Waals surface area (Å²) in [6.07, 6.45) is 3.67. The molecule has 3 nitrogen and oxygen atoms in total. The molecule has 1 aliphatic heterocycles. The van der Waals surface area contributed by atoms with Gasteiger partial charge in [-0.3, -0.25) is 0 Å². The summed E-state index contributed by atoms with van der Waals surface area (Å²) in [6, 6.07) is 7.31. The van der Waals surface area contributed by atoms with E-state index in [1.807, 2.05) is 12.1 Å². The lowest BCUT2D eigenvalue weighted by atomic mass is 9.89. The van der Waals surface area contributed by atoms with Crippen molar-refractivity contribution in [2.75, 3.05) is 19.5 Å². The third kappa shape index (κ3) is 4.02. The second-order valence-electron chi connectivity index (χ2n) is 3.95. The first kappa shape index (κ1) is 14.0. The lowest BCUT2D eigenvalue weighted by Crippen LogP contribution is -2.26. The van der Waals surface area contributed by atoms with Crippen LogP contribution in [0.5, 0.6) is 0 Å². The molecular formula is C13H18ClNO2. The summed E-state index contributed by atoms with van der Waals surface area (Å²) < 4.78 is 0. The number of hydrogen-bond donors (Lipinski definition) is 2. The van der Waals surface area contributed by atoms with Gasteiger partial charge in [0.25, 0.3) is 0 Å². The van der Waals surface area contributed by atoms with Gasteiger partial charge in [0.2, 0.25) is 0 Å². The zero-order chi connectivity index (χ0) is 12.7. The van der Waals surface area contributed by atoms with Gasteiger partial charge < -0.3 is 10.4 Å². The fourth-order valence-corrected chi connectivity index (χ4v) is 2.08. The van der Waals surface area contributed by atoms with E-state index in [-0.39, 0.29) is 0 Å². The van der Waals surface area contributed by atoms with Crippen LogP contribution in [-0.4, -0.2) is 30.5 Å². The Morgan fingerprint density at radius 3 is 2.59 bits per heavy atom. The largest absolute Gasteiger partial charge is 0.478 e. The van der Waals surface area contributed by atoms with E-state index in [9.17, 15) is 4.79 Å². The predicted octanol–water partition coefficient (Wildman–Crippen LogP) is 2.71. The second kappa shape index (κ2) is 7.30. The Kier molecular flexibility index (Phi) is 6.01. The summed E-state index contributed by atoms with van der Waals surface area (Å²) in [5.41, 5.74) is 1.56. The normalized spacial score (nSPS) is 15.9. The first-order valence-electron chi connectivity index (χ1n) is 5.69. The van der Waals surface area contributed by atoms with Crippen LogP contribution in [0.3, 0.4) is 0 Å². The van der Waals surface area contributed by atoms with Gasteiger partial charge in [0, 0.05) is 6.38 Å². The van der Waals surface area contributed by atoms with Crippen LogP contribution in [0.25, 0.3) is 0 Å². The van der Waals surface area contributed by atoms with Crippen molar-refractivity contribution in [3.8, 4) is 0 Å². The SMILES string of the molecule is CCl.O=C(O)c1cccc(C2CCNCC2)c1. The Bertz CT molecular complexity index is 362. The van der Waals surface area contributed by atoms with E-state index in [2.05, 4.69) is 16.9 Å². The molecule has 94 valence electrons. The summed E-state index contributed by atoms with van der Waals surface area (Å²) >= 11 is 4.64. The van der Waals surface area contributed by atoms with Gasteiger partial charge in [-0.1, -0.05) is 12.1 Å². The van der Waals surface area contributed by atoms with Crippen molar-refractivity contribution in [3.05, 3.63) is 35.4 Å². The van der Waals surface area contributed by atoms with Crippen molar-refractivity contribution in [1.29, 1.82) is 0 Å². The molecule has 1 aromatic rings. The van der Waals surface area contributed by atoms with E-state index in [0.717, 1.165) is 31.5 Å². The molecule has 2 rings (SSSR count). The van der Waals surface area contributed by atoms with Gasteiger partial charge in [0.05, 0.1) is 5.56 Å². The topological polar surface area (TPSA) is 49.3 Å². The quantitative estimate of drug-likeness (QED) is 0.799. The number of nitrogens with one attached hydrogen (secondary N) is 1. The van der Waals surface area contributed by atoms with E-state index >= 15 is 0 Å². The summed E-state index contributed by atoms with van der Waals surface area (Å²) in [6.45, 7) is 2.06. The molecule has 0 radical (unpaired) electrons. The van der Waals surface area contributed by atoms with Gasteiger partial charge in [-0.05, 0) is 49.5 Å². The first-order chi connectivity index (χ1) is 8.27. The van der Waals surface area contributed by atoms with Crippen LogP contribution in [0.4, 0.5) is 0 Å². The van der Waals surface area contributed by atoms with Crippen molar-refractivity contribution in [2.24, 2.45) is 0 Å². The Balaban J connectivity index is 0.000000686. The molecule has 17 heavy (non-hydrogen) atoms. The third-order valence-electron chi connectivity index (χ3n) is 2.94. The van der Waals surface area contributed by atoms with Crippen LogP contribution < -0.4 is 5.32 Å². The number of rotatable bonds is 2. The van der Waals surface area contributed by atoms with E-state index in [1.165, 1.54) is 6.38 Å². The van der Waals surface area contributed by atoms with Crippen LogP contribution in [0.2, 0.25) is 0 Å². The first-order valence-corrected chi connectivity index (χ1v) is 6.45. The van der Waals surface area contributed by atoms with Crippen molar-refractivity contribution < 1.29 is 9.90 Å². The molecule has 4 heteroatoms. The molecular weight excluding hydrogens is 238 g/mol. The Morgan fingerprint density at radius 1 is 1.35 bits per heavy atom. The summed E-state index contributed by atoms with van der Waals surface area (Å²) in [5, 5.41) is 12.2. The number of halogens is 1. The Labute approximate surface area is 107 Å². The minimum Gasteiger partial charge on any atom is -0.478 e. The minimum atomic E-state index is -0.842. The maximum Gasteiger partial charge on any atom is 0.335 e. The van der Waals surface area contributed by atoms with Gasteiger partial charge in [-0.25, -0.2) is 4.79 Å². The fourth-order valence-electron chi connectivity index (χ4n) is 2.08. The number of carbonyl (C=O) groups is 1. The molecule has 0 aliphatic carbocycles. The Hall–Kier alpha value is -1.06. The number of alkyl halides is 1. The van der Waals surface area contributed by atoms with Gasteiger partial charge in [0.15, 0.2) is 0 Å². The van der Waals surface area contributed by atoms with Crippen LogP contribution in [0.1, 0.15) is 34.7 Å². The predicted molar refractivity (Wildman–Crippen MR) is 70.0 cm³/mol. The molecule has 0 bridgehead atoms. The van der Waals surface area contributed by atoms with E-state index in [1.54, 1.807) is 12.1 Å². The lowest BCUT2D eigenvalue weighted by molar-refractivity contribution is 0.0696.